The maximum atomic E-state index is 14.7. The molecule has 0 aliphatic carbocycles. The summed E-state index contributed by atoms with van der Waals surface area (Å²) >= 11 is 0. The Morgan fingerprint density at radius 2 is 1.79 bits per heavy atom. The number of nitrogens with one attached hydrogen (secondary N) is 3. The van der Waals surface area contributed by atoms with E-state index in [-0.39, 0.29) is 18.1 Å². The lowest BCUT2D eigenvalue weighted by atomic mass is 9.96. The molecule has 0 unspecified atom stereocenters. The monoisotopic (exact) mass is 464 g/mol. The van der Waals surface area contributed by atoms with E-state index in [4.69, 9.17) is 5.41 Å². The summed E-state index contributed by atoms with van der Waals surface area (Å²) < 4.78 is 28.6. The SMILES string of the molecule is CN1CCN(Cc2ccc(C3=CC(=C4N=NNN4)C(=N)N(c4cccc(F)c4F)C3)cc2)CC1. The molecule has 5 rings (SSSR count). The van der Waals surface area contributed by atoms with Gasteiger partial charge in [0, 0.05) is 32.7 Å². The molecule has 0 saturated carbocycles. The topological polar surface area (TPSA) is 82.3 Å². The Hall–Kier alpha value is -3.63. The number of hydrazine groups is 1. The molecule has 3 aliphatic rings. The van der Waals surface area contributed by atoms with Crippen LogP contribution in [0.15, 0.2) is 70.3 Å². The van der Waals surface area contributed by atoms with Crippen molar-refractivity contribution in [2.24, 2.45) is 10.3 Å². The molecular weight excluding hydrogens is 438 g/mol. The maximum Gasteiger partial charge on any atom is 0.182 e. The number of benzene rings is 2. The first-order chi connectivity index (χ1) is 16.5. The van der Waals surface area contributed by atoms with Crippen molar-refractivity contribution in [2.45, 2.75) is 6.54 Å². The van der Waals surface area contributed by atoms with E-state index in [1.54, 1.807) is 0 Å². The van der Waals surface area contributed by atoms with Crippen molar-refractivity contribution in [3.63, 3.8) is 0 Å². The van der Waals surface area contributed by atoms with Crippen LogP contribution in [0.3, 0.4) is 0 Å². The number of likely N-dealkylation sites (N-methyl/N-ethyl adjacent to an activating group) is 1. The molecule has 3 N–H and O–H groups in total. The van der Waals surface area contributed by atoms with Gasteiger partial charge in [-0.25, -0.2) is 14.3 Å². The largest absolute Gasteiger partial charge is 0.319 e. The van der Waals surface area contributed by atoms with Gasteiger partial charge in [-0.2, -0.15) is 0 Å². The van der Waals surface area contributed by atoms with E-state index in [9.17, 15) is 8.78 Å². The van der Waals surface area contributed by atoms with Crippen LogP contribution >= 0.6 is 0 Å². The molecule has 0 aromatic heterocycles. The average molecular weight is 465 g/mol. The van der Waals surface area contributed by atoms with Crippen LogP contribution in [0.2, 0.25) is 0 Å². The van der Waals surface area contributed by atoms with Crippen LogP contribution in [0.4, 0.5) is 14.5 Å². The van der Waals surface area contributed by atoms with Crippen LogP contribution < -0.4 is 15.9 Å². The predicted octanol–water partition coefficient (Wildman–Crippen LogP) is 3.28. The molecule has 3 heterocycles. The number of rotatable bonds is 4. The molecular formula is C24H26F2N8. The van der Waals surface area contributed by atoms with Crippen LogP contribution in [-0.4, -0.2) is 55.4 Å². The fourth-order valence-electron chi connectivity index (χ4n) is 4.33. The summed E-state index contributed by atoms with van der Waals surface area (Å²) in [7, 11) is 2.14. The number of hydrogen-bond acceptors (Lipinski definition) is 7. The second-order valence-electron chi connectivity index (χ2n) is 8.65. The van der Waals surface area contributed by atoms with Crippen molar-refractivity contribution in [2.75, 3.05) is 44.7 Å². The Labute approximate surface area is 196 Å². The zero-order valence-electron chi connectivity index (χ0n) is 18.9. The minimum atomic E-state index is -0.987. The van der Waals surface area contributed by atoms with E-state index in [0.29, 0.717) is 11.4 Å². The Morgan fingerprint density at radius 1 is 1.03 bits per heavy atom. The normalized spacial score (nSPS) is 21.4. The van der Waals surface area contributed by atoms with E-state index < -0.39 is 11.6 Å². The molecule has 0 bridgehead atoms. The van der Waals surface area contributed by atoms with Crippen molar-refractivity contribution in [1.82, 2.24) is 20.8 Å². The fourth-order valence-corrected chi connectivity index (χ4v) is 4.33. The second kappa shape index (κ2) is 9.32. The molecule has 0 atom stereocenters. The molecule has 10 heteroatoms. The van der Waals surface area contributed by atoms with E-state index in [1.165, 1.54) is 22.6 Å². The van der Waals surface area contributed by atoms with Gasteiger partial charge in [-0.3, -0.25) is 15.7 Å². The van der Waals surface area contributed by atoms with Crippen LogP contribution in [-0.2, 0) is 6.54 Å². The molecule has 1 fully saturated rings. The number of anilines is 1. The van der Waals surface area contributed by atoms with Crippen molar-refractivity contribution in [3.05, 3.63) is 82.7 Å². The molecule has 2 aromatic rings. The van der Waals surface area contributed by atoms with Gasteiger partial charge in [0.25, 0.3) is 0 Å². The number of halogens is 2. The quantitative estimate of drug-likeness (QED) is 0.647. The summed E-state index contributed by atoms with van der Waals surface area (Å²) in [6.45, 7) is 5.35. The Balaban J connectivity index is 1.44. The summed E-state index contributed by atoms with van der Waals surface area (Å²) in [6, 6.07) is 12.3. The third-order valence-corrected chi connectivity index (χ3v) is 6.35. The van der Waals surface area contributed by atoms with Crippen molar-refractivity contribution < 1.29 is 8.78 Å². The standard InChI is InChI=1S/C24H26F2N8/c1-32-9-11-33(12-10-32)14-16-5-7-17(8-6-16)18-13-19(24-28-30-31-29-24)23(27)34(15-18)21-4-2-3-20(25)22(21)26/h2-8,13,27H,9-12,14-15H2,1H3,(H,28,31)(H,29,30). The molecule has 8 nitrogen and oxygen atoms in total. The first-order valence-electron chi connectivity index (χ1n) is 11.2. The first-order valence-corrected chi connectivity index (χ1v) is 11.2. The smallest absolute Gasteiger partial charge is 0.182 e. The fraction of sp³-hybridized carbons (Fsp3) is 0.292. The summed E-state index contributed by atoms with van der Waals surface area (Å²) in [5, 5.41) is 16.3. The molecule has 3 aliphatic heterocycles. The van der Waals surface area contributed by atoms with Gasteiger partial charge in [-0.05, 0) is 42.0 Å². The third-order valence-electron chi connectivity index (χ3n) is 6.35. The highest BCUT2D eigenvalue weighted by atomic mass is 19.2. The van der Waals surface area contributed by atoms with Crippen LogP contribution in [0.1, 0.15) is 11.1 Å². The van der Waals surface area contributed by atoms with Gasteiger partial charge < -0.3 is 9.80 Å². The van der Waals surface area contributed by atoms with E-state index >= 15 is 0 Å². The second-order valence-corrected chi connectivity index (χ2v) is 8.65. The summed E-state index contributed by atoms with van der Waals surface area (Å²) in [6.07, 6.45) is 1.85. The number of amidine groups is 1. The minimum absolute atomic E-state index is 0.00304. The van der Waals surface area contributed by atoms with Gasteiger partial charge in [0.1, 0.15) is 5.84 Å². The Morgan fingerprint density at radius 3 is 2.50 bits per heavy atom. The van der Waals surface area contributed by atoms with Gasteiger partial charge in [0.15, 0.2) is 17.5 Å². The summed E-state index contributed by atoms with van der Waals surface area (Å²) in [5.74, 6) is -1.59. The van der Waals surface area contributed by atoms with Crippen molar-refractivity contribution >= 4 is 17.1 Å². The molecule has 0 amide bonds. The van der Waals surface area contributed by atoms with Crippen LogP contribution in [0.5, 0.6) is 0 Å². The zero-order chi connectivity index (χ0) is 23.7. The lowest BCUT2D eigenvalue weighted by molar-refractivity contribution is 0.148. The van der Waals surface area contributed by atoms with Gasteiger partial charge in [0.2, 0.25) is 0 Å². The van der Waals surface area contributed by atoms with Gasteiger partial charge in [0.05, 0.1) is 17.8 Å². The molecule has 176 valence electrons. The highest BCUT2D eigenvalue weighted by molar-refractivity contribution is 6.14. The lowest BCUT2D eigenvalue weighted by Crippen LogP contribution is -2.43. The summed E-state index contributed by atoms with van der Waals surface area (Å²) in [4.78, 5) is 6.22. The molecule has 0 radical (unpaired) electrons. The predicted molar refractivity (Wildman–Crippen MR) is 127 cm³/mol. The third kappa shape index (κ3) is 4.42. The Kier molecular flexibility index (Phi) is 6.08. The van der Waals surface area contributed by atoms with E-state index in [0.717, 1.165) is 49.9 Å². The van der Waals surface area contributed by atoms with Gasteiger partial charge in [-0.15, -0.1) is 5.11 Å². The Bertz CT molecular complexity index is 1180. The first kappa shape index (κ1) is 22.2. The number of hydrogen-bond donors (Lipinski definition) is 3. The highest BCUT2D eigenvalue weighted by Crippen LogP contribution is 2.32. The molecule has 0 spiro atoms. The molecule has 2 aromatic carbocycles. The van der Waals surface area contributed by atoms with E-state index in [2.05, 4.69) is 50.3 Å². The van der Waals surface area contributed by atoms with Crippen molar-refractivity contribution in [1.29, 1.82) is 5.41 Å². The van der Waals surface area contributed by atoms with Gasteiger partial charge in [-0.1, -0.05) is 35.6 Å². The molecule has 34 heavy (non-hydrogen) atoms. The average Bonchev–Trinajstić information content (AvgIpc) is 3.38. The lowest BCUT2D eigenvalue weighted by Gasteiger charge is -2.32. The summed E-state index contributed by atoms with van der Waals surface area (Å²) in [5.41, 5.74) is 8.78. The van der Waals surface area contributed by atoms with Crippen molar-refractivity contribution in [3.8, 4) is 0 Å². The van der Waals surface area contributed by atoms with Crippen LogP contribution in [0, 0.1) is 17.0 Å². The number of piperazine rings is 1. The maximum absolute atomic E-state index is 14.7. The minimum Gasteiger partial charge on any atom is -0.319 e. The van der Waals surface area contributed by atoms with Crippen LogP contribution in [0.25, 0.3) is 5.57 Å². The van der Waals surface area contributed by atoms with Gasteiger partial charge >= 0.3 is 0 Å². The molecule has 1 saturated heterocycles. The number of nitrogens with zero attached hydrogens (tertiary/aromatic N) is 5. The van der Waals surface area contributed by atoms with E-state index in [1.807, 2.05) is 18.2 Å². The highest BCUT2D eigenvalue weighted by Gasteiger charge is 2.29. The zero-order valence-corrected chi connectivity index (χ0v) is 18.9.